The minimum Gasteiger partial charge on any atom is -0.452 e. The highest BCUT2D eigenvalue weighted by Gasteiger charge is 2.14. The first-order valence-electron chi connectivity index (χ1n) is 9.80. The molecule has 0 spiro atoms. The number of hydrogen-bond donors (Lipinski definition) is 1. The number of non-ortho nitro benzene ring substituents is 1. The van der Waals surface area contributed by atoms with Crippen molar-refractivity contribution in [2.45, 2.75) is 6.61 Å². The van der Waals surface area contributed by atoms with Gasteiger partial charge in [0.2, 0.25) is 5.89 Å². The Bertz CT molecular complexity index is 1340. The van der Waals surface area contributed by atoms with Crippen molar-refractivity contribution < 1.29 is 23.7 Å². The number of aromatic nitrogens is 2. The van der Waals surface area contributed by atoms with Crippen molar-refractivity contribution in [3.8, 4) is 11.5 Å². The van der Waals surface area contributed by atoms with Crippen LogP contribution in [0.15, 0.2) is 81.7 Å². The standard InChI is InChI=1S/C23H15BrN4O6/c24-17-7-1-14(2-8-17)21(29)25-18-9-3-16(4-10-18)23(30)33-13-20-26-27-22(34-20)15-5-11-19(12-6-15)28(31)32/h1-12H,13H2,(H,25,29). The maximum Gasteiger partial charge on any atom is 0.338 e. The molecule has 0 unspecified atom stereocenters. The molecular formula is C23H15BrN4O6. The Balaban J connectivity index is 1.32. The second-order valence-corrected chi connectivity index (χ2v) is 7.84. The van der Waals surface area contributed by atoms with Crippen LogP contribution in [-0.4, -0.2) is 27.0 Å². The Hall–Kier alpha value is -4.38. The third-order valence-electron chi connectivity index (χ3n) is 4.60. The molecule has 0 aliphatic rings. The summed E-state index contributed by atoms with van der Waals surface area (Å²) < 4.78 is 11.5. The summed E-state index contributed by atoms with van der Waals surface area (Å²) in [5.74, 6) is -0.671. The maximum atomic E-state index is 12.3. The van der Waals surface area contributed by atoms with Crippen molar-refractivity contribution in [2.75, 3.05) is 5.32 Å². The predicted molar refractivity (Wildman–Crippen MR) is 124 cm³/mol. The number of carbonyl (C=O) groups is 2. The SMILES string of the molecule is O=C(Nc1ccc(C(=O)OCc2nnc(-c3ccc([N+](=O)[O-])cc3)o2)cc1)c1ccc(Br)cc1. The number of nitro benzene ring substituents is 1. The number of carbonyl (C=O) groups excluding carboxylic acids is 2. The van der Waals surface area contributed by atoms with Crippen LogP contribution in [0.1, 0.15) is 26.6 Å². The number of rotatable bonds is 7. The number of hydrogen-bond acceptors (Lipinski definition) is 8. The summed E-state index contributed by atoms with van der Waals surface area (Å²) >= 11 is 3.32. The fourth-order valence-electron chi connectivity index (χ4n) is 2.86. The van der Waals surface area contributed by atoms with Gasteiger partial charge in [0.1, 0.15) is 0 Å². The zero-order valence-electron chi connectivity index (χ0n) is 17.3. The van der Waals surface area contributed by atoms with Gasteiger partial charge in [0, 0.05) is 33.4 Å². The van der Waals surface area contributed by atoms with Crippen LogP contribution in [-0.2, 0) is 11.3 Å². The third kappa shape index (κ3) is 5.51. The molecule has 10 nitrogen and oxygen atoms in total. The lowest BCUT2D eigenvalue weighted by molar-refractivity contribution is -0.384. The van der Waals surface area contributed by atoms with Crippen LogP contribution < -0.4 is 5.32 Å². The van der Waals surface area contributed by atoms with Crippen LogP contribution in [0.25, 0.3) is 11.5 Å². The van der Waals surface area contributed by atoms with E-state index in [0.717, 1.165) is 4.47 Å². The summed E-state index contributed by atoms with van der Waals surface area (Å²) in [6.07, 6.45) is 0. The molecule has 11 heteroatoms. The molecule has 0 saturated heterocycles. The molecule has 1 heterocycles. The van der Waals surface area contributed by atoms with Gasteiger partial charge < -0.3 is 14.5 Å². The number of nitro groups is 1. The van der Waals surface area contributed by atoms with Gasteiger partial charge >= 0.3 is 5.97 Å². The molecule has 1 aromatic heterocycles. The van der Waals surface area contributed by atoms with E-state index in [1.807, 2.05) is 0 Å². The van der Waals surface area contributed by atoms with Crippen LogP contribution in [0.2, 0.25) is 0 Å². The van der Waals surface area contributed by atoms with Crippen molar-refractivity contribution in [1.82, 2.24) is 10.2 Å². The second-order valence-electron chi connectivity index (χ2n) is 6.92. The quantitative estimate of drug-likeness (QED) is 0.203. The van der Waals surface area contributed by atoms with Crippen molar-refractivity contribution in [2.24, 2.45) is 0 Å². The Kier molecular flexibility index (Phi) is 6.74. The maximum absolute atomic E-state index is 12.3. The Morgan fingerprint density at radius 3 is 2.24 bits per heavy atom. The van der Waals surface area contributed by atoms with E-state index in [1.54, 1.807) is 36.4 Å². The number of ether oxygens (including phenoxy) is 1. The number of anilines is 1. The highest BCUT2D eigenvalue weighted by Crippen LogP contribution is 2.22. The van der Waals surface area contributed by atoms with Crippen LogP contribution in [0.4, 0.5) is 11.4 Å². The van der Waals surface area contributed by atoms with Gasteiger partial charge in [-0.05, 0) is 60.7 Å². The van der Waals surface area contributed by atoms with Gasteiger partial charge in [0.25, 0.3) is 17.5 Å². The summed E-state index contributed by atoms with van der Waals surface area (Å²) in [4.78, 5) is 34.8. The predicted octanol–water partition coefficient (Wildman–Crippen LogP) is 5.02. The molecule has 0 atom stereocenters. The van der Waals surface area contributed by atoms with Crippen LogP contribution in [0, 0.1) is 10.1 Å². The van der Waals surface area contributed by atoms with Crippen molar-refractivity contribution in [3.05, 3.63) is 104 Å². The first-order valence-corrected chi connectivity index (χ1v) is 10.6. The van der Waals surface area contributed by atoms with E-state index >= 15 is 0 Å². The summed E-state index contributed by atoms with van der Waals surface area (Å²) in [5, 5.41) is 21.2. The summed E-state index contributed by atoms with van der Waals surface area (Å²) in [7, 11) is 0. The molecule has 34 heavy (non-hydrogen) atoms. The molecule has 1 amide bonds. The molecule has 0 bridgehead atoms. The molecule has 0 aliphatic heterocycles. The molecule has 3 aromatic carbocycles. The Morgan fingerprint density at radius 1 is 0.941 bits per heavy atom. The first-order chi connectivity index (χ1) is 16.4. The van der Waals surface area contributed by atoms with Crippen molar-refractivity contribution in [3.63, 3.8) is 0 Å². The molecule has 4 aromatic rings. The van der Waals surface area contributed by atoms with E-state index in [0.29, 0.717) is 16.8 Å². The average Bonchev–Trinajstić information content (AvgIpc) is 3.32. The van der Waals surface area contributed by atoms with E-state index in [4.69, 9.17) is 9.15 Å². The van der Waals surface area contributed by atoms with Gasteiger partial charge in [-0.1, -0.05) is 15.9 Å². The van der Waals surface area contributed by atoms with E-state index in [1.165, 1.54) is 36.4 Å². The highest BCUT2D eigenvalue weighted by molar-refractivity contribution is 9.10. The van der Waals surface area contributed by atoms with E-state index < -0.39 is 10.9 Å². The first kappa shape index (κ1) is 22.8. The molecule has 0 radical (unpaired) electrons. The Morgan fingerprint density at radius 2 is 1.59 bits per heavy atom. The minimum atomic E-state index is -0.610. The highest BCUT2D eigenvalue weighted by atomic mass is 79.9. The molecule has 1 N–H and O–H groups in total. The topological polar surface area (TPSA) is 137 Å². The van der Waals surface area contributed by atoms with Crippen LogP contribution >= 0.6 is 15.9 Å². The van der Waals surface area contributed by atoms with Gasteiger partial charge in [0.05, 0.1) is 10.5 Å². The third-order valence-corrected chi connectivity index (χ3v) is 5.13. The fourth-order valence-corrected chi connectivity index (χ4v) is 3.12. The van der Waals surface area contributed by atoms with Gasteiger partial charge in [-0.25, -0.2) is 4.79 Å². The Labute approximate surface area is 200 Å². The zero-order valence-corrected chi connectivity index (χ0v) is 18.9. The lowest BCUT2D eigenvalue weighted by atomic mass is 10.2. The molecular weight excluding hydrogens is 508 g/mol. The second kappa shape index (κ2) is 10.0. The molecule has 0 fully saturated rings. The molecule has 0 saturated carbocycles. The van der Waals surface area contributed by atoms with Crippen LogP contribution in [0.3, 0.4) is 0 Å². The van der Waals surface area contributed by atoms with E-state index in [2.05, 4.69) is 31.4 Å². The van der Waals surface area contributed by atoms with Crippen molar-refractivity contribution in [1.29, 1.82) is 0 Å². The average molecular weight is 523 g/mol. The summed E-state index contributed by atoms with van der Waals surface area (Å²) in [6.45, 7) is -0.249. The number of benzene rings is 3. The van der Waals surface area contributed by atoms with Crippen LogP contribution in [0.5, 0.6) is 0 Å². The number of nitrogens with zero attached hydrogens (tertiary/aromatic N) is 3. The van der Waals surface area contributed by atoms with Gasteiger partial charge in [-0.15, -0.1) is 10.2 Å². The molecule has 4 rings (SSSR count). The largest absolute Gasteiger partial charge is 0.452 e. The molecule has 0 aliphatic carbocycles. The number of esters is 1. The number of halogens is 1. The van der Waals surface area contributed by atoms with E-state index in [-0.39, 0.29) is 35.5 Å². The lowest BCUT2D eigenvalue weighted by Gasteiger charge is -2.07. The monoisotopic (exact) mass is 522 g/mol. The van der Waals surface area contributed by atoms with Gasteiger partial charge in [-0.3, -0.25) is 14.9 Å². The lowest BCUT2D eigenvalue weighted by Crippen LogP contribution is -2.12. The zero-order chi connectivity index (χ0) is 24.1. The van der Waals surface area contributed by atoms with Gasteiger partial charge in [0.15, 0.2) is 6.61 Å². The van der Waals surface area contributed by atoms with Crippen molar-refractivity contribution >= 4 is 39.2 Å². The minimum absolute atomic E-state index is 0.0590. The van der Waals surface area contributed by atoms with Gasteiger partial charge in [-0.2, -0.15) is 0 Å². The number of amides is 1. The fraction of sp³-hybridized carbons (Fsp3) is 0.0435. The molecule has 170 valence electrons. The van der Waals surface area contributed by atoms with E-state index in [9.17, 15) is 19.7 Å². The smallest absolute Gasteiger partial charge is 0.338 e. The summed E-state index contributed by atoms with van der Waals surface area (Å²) in [5.41, 5.74) is 1.73. The number of nitrogens with one attached hydrogen (secondary N) is 1. The normalized spacial score (nSPS) is 10.5. The summed E-state index contributed by atoms with van der Waals surface area (Å²) in [6, 6.07) is 18.8.